The second-order valence-electron chi connectivity index (χ2n) is 4.74. The fourth-order valence-corrected chi connectivity index (χ4v) is 2.07. The summed E-state index contributed by atoms with van der Waals surface area (Å²) in [5.41, 5.74) is 0. The summed E-state index contributed by atoms with van der Waals surface area (Å²) < 4.78 is 10.1. The maximum atomic E-state index is 11.8. The highest BCUT2D eigenvalue weighted by Crippen LogP contribution is 2.18. The Morgan fingerprint density at radius 2 is 2.06 bits per heavy atom. The van der Waals surface area contributed by atoms with E-state index in [0.29, 0.717) is 18.9 Å². The van der Waals surface area contributed by atoms with Crippen LogP contribution in [0, 0.1) is 5.92 Å². The second-order valence-corrected chi connectivity index (χ2v) is 4.74. The lowest BCUT2D eigenvalue weighted by molar-refractivity contribution is -0.143. The first-order valence-electron chi connectivity index (χ1n) is 6.64. The maximum Gasteiger partial charge on any atom is 0.307 e. The standard InChI is InChI=1S/C13H23NO4/c1-3-18-13(16)8-10(2)14-12(15)9-11-4-6-17-7-5-11/h10-11H,3-9H2,1-2H3,(H,14,15)/t10-/m0/s1. The van der Waals surface area contributed by atoms with Gasteiger partial charge in [-0.15, -0.1) is 0 Å². The average molecular weight is 257 g/mol. The van der Waals surface area contributed by atoms with Crippen molar-refractivity contribution in [2.24, 2.45) is 5.92 Å². The predicted octanol–water partition coefficient (Wildman–Crippen LogP) is 1.26. The van der Waals surface area contributed by atoms with E-state index in [0.717, 1.165) is 26.1 Å². The molecule has 1 rings (SSSR count). The molecule has 5 heteroatoms. The molecule has 0 aliphatic carbocycles. The number of amides is 1. The van der Waals surface area contributed by atoms with Crippen molar-refractivity contribution >= 4 is 11.9 Å². The number of ether oxygens (including phenoxy) is 2. The molecule has 1 saturated heterocycles. The van der Waals surface area contributed by atoms with Crippen LogP contribution in [0.25, 0.3) is 0 Å². The predicted molar refractivity (Wildman–Crippen MR) is 67.0 cm³/mol. The van der Waals surface area contributed by atoms with Gasteiger partial charge in [0.05, 0.1) is 13.0 Å². The van der Waals surface area contributed by atoms with E-state index in [1.165, 1.54) is 0 Å². The van der Waals surface area contributed by atoms with Gasteiger partial charge in [0.1, 0.15) is 0 Å². The first-order valence-corrected chi connectivity index (χ1v) is 6.64. The van der Waals surface area contributed by atoms with Gasteiger partial charge in [0.2, 0.25) is 5.91 Å². The lowest BCUT2D eigenvalue weighted by Gasteiger charge is -2.22. The minimum Gasteiger partial charge on any atom is -0.466 e. The quantitative estimate of drug-likeness (QED) is 0.728. The van der Waals surface area contributed by atoms with Crippen LogP contribution in [-0.2, 0) is 19.1 Å². The van der Waals surface area contributed by atoms with Crippen molar-refractivity contribution in [3.63, 3.8) is 0 Å². The van der Waals surface area contributed by atoms with Gasteiger partial charge in [0, 0.05) is 25.7 Å². The van der Waals surface area contributed by atoms with Crippen molar-refractivity contribution in [1.82, 2.24) is 5.32 Å². The van der Waals surface area contributed by atoms with Crippen LogP contribution in [0.2, 0.25) is 0 Å². The summed E-state index contributed by atoms with van der Waals surface area (Å²) in [6.45, 7) is 5.46. The minimum absolute atomic E-state index is 0.0127. The molecule has 104 valence electrons. The molecular weight excluding hydrogens is 234 g/mol. The Kier molecular flexibility index (Phi) is 6.72. The summed E-state index contributed by atoms with van der Waals surface area (Å²) in [5, 5.41) is 2.84. The van der Waals surface area contributed by atoms with E-state index in [2.05, 4.69) is 5.32 Å². The number of carbonyl (C=O) groups excluding carboxylic acids is 2. The molecular formula is C13H23NO4. The largest absolute Gasteiger partial charge is 0.466 e. The SMILES string of the molecule is CCOC(=O)C[C@H](C)NC(=O)CC1CCOCC1. The van der Waals surface area contributed by atoms with Crippen LogP contribution in [0.15, 0.2) is 0 Å². The summed E-state index contributed by atoms with van der Waals surface area (Å²) in [6, 6.07) is -0.170. The molecule has 0 aromatic carbocycles. The molecule has 0 spiro atoms. The van der Waals surface area contributed by atoms with Crippen LogP contribution in [0.3, 0.4) is 0 Å². The molecule has 1 atom stereocenters. The van der Waals surface area contributed by atoms with Gasteiger partial charge in [-0.05, 0) is 32.6 Å². The lowest BCUT2D eigenvalue weighted by Crippen LogP contribution is -2.36. The zero-order valence-electron chi connectivity index (χ0n) is 11.2. The number of nitrogens with one attached hydrogen (secondary N) is 1. The molecule has 0 aromatic rings. The fourth-order valence-electron chi connectivity index (χ4n) is 2.07. The molecule has 0 unspecified atom stereocenters. The highest BCUT2D eigenvalue weighted by Gasteiger charge is 2.19. The number of esters is 1. The normalized spacial score (nSPS) is 18.1. The molecule has 5 nitrogen and oxygen atoms in total. The minimum atomic E-state index is -0.267. The highest BCUT2D eigenvalue weighted by molar-refractivity contribution is 5.77. The van der Waals surface area contributed by atoms with Gasteiger partial charge in [-0.25, -0.2) is 0 Å². The molecule has 1 aliphatic rings. The molecule has 0 bridgehead atoms. The van der Waals surface area contributed by atoms with E-state index in [1.807, 2.05) is 6.92 Å². The zero-order valence-corrected chi connectivity index (χ0v) is 11.2. The molecule has 18 heavy (non-hydrogen) atoms. The van der Waals surface area contributed by atoms with Crippen LogP contribution >= 0.6 is 0 Å². The van der Waals surface area contributed by atoms with Crippen LogP contribution in [0.5, 0.6) is 0 Å². The monoisotopic (exact) mass is 257 g/mol. The van der Waals surface area contributed by atoms with E-state index in [1.54, 1.807) is 6.92 Å². The van der Waals surface area contributed by atoms with E-state index >= 15 is 0 Å². The zero-order chi connectivity index (χ0) is 13.4. The Morgan fingerprint density at radius 3 is 2.67 bits per heavy atom. The van der Waals surface area contributed by atoms with Crippen molar-refractivity contribution in [1.29, 1.82) is 0 Å². The van der Waals surface area contributed by atoms with Gasteiger partial charge in [-0.1, -0.05) is 0 Å². The molecule has 0 aromatic heterocycles. The summed E-state index contributed by atoms with van der Waals surface area (Å²) in [5.74, 6) is 0.156. The summed E-state index contributed by atoms with van der Waals surface area (Å²) in [7, 11) is 0. The van der Waals surface area contributed by atoms with Gasteiger partial charge in [0.15, 0.2) is 0 Å². The van der Waals surface area contributed by atoms with E-state index < -0.39 is 0 Å². The average Bonchev–Trinajstić information content (AvgIpc) is 2.29. The van der Waals surface area contributed by atoms with E-state index in [9.17, 15) is 9.59 Å². The summed E-state index contributed by atoms with van der Waals surface area (Å²) >= 11 is 0. The lowest BCUT2D eigenvalue weighted by atomic mass is 9.96. The molecule has 1 aliphatic heterocycles. The number of hydrogen-bond donors (Lipinski definition) is 1. The van der Waals surface area contributed by atoms with Crippen LogP contribution in [0.1, 0.15) is 39.5 Å². The summed E-state index contributed by atoms with van der Waals surface area (Å²) in [4.78, 5) is 23.0. The Labute approximate surface area is 108 Å². The van der Waals surface area contributed by atoms with Crippen LogP contribution < -0.4 is 5.32 Å². The third-order valence-electron chi connectivity index (χ3n) is 3.00. The topological polar surface area (TPSA) is 64.6 Å². The number of carbonyl (C=O) groups is 2. The van der Waals surface area contributed by atoms with Crippen molar-refractivity contribution < 1.29 is 19.1 Å². The van der Waals surface area contributed by atoms with Crippen molar-refractivity contribution in [2.75, 3.05) is 19.8 Å². The number of hydrogen-bond acceptors (Lipinski definition) is 4. The third kappa shape index (κ3) is 6.00. The van der Waals surface area contributed by atoms with Gasteiger partial charge in [-0.3, -0.25) is 9.59 Å². The summed E-state index contributed by atoms with van der Waals surface area (Å²) in [6.07, 6.45) is 2.64. The van der Waals surface area contributed by atoms with Crippen LogP contribution in [-0.4, -0.2) is 37.7 Å². The Morgan fingerprint density at radius 1 is 1.39 bits per heavy atom. The first kappa shape index (κ1) is 15.0. The van der Waals surface area contributed by atoms with Gasteiger partial charge < -0.3 is 14.8 Å². The number of rotatable bonds is 6. The van der Waals surface area contributed by atoms with Gasteiger partial charge >= 0.3 is 5.97 Å². The molecule has 1 fully saturated rings. The smallest absolute Gasteiger partial charge is 0.307 e. The molecule has 1 N–H and O–H groups in total. The van der Waals surface area contributed by atoms with Crippen molar-refractivity contribution in [2.45, 2.75) is 45.6 Å². The molecule has 0 radical (unpaired) electrons. The van der Waals surface area contributed by atoms with Gasteiger partial charge in [0.25, 0.3) is 0 Å². The molecule has 1 amide bonds. The van der Waals surface area contributed by atoms with E-state index in [-0.39, 0.29) is 24.3 Å². The van der Waals surface area contributed by atoms with E-state index in [4.69, 9.17) is 9.47 Å². The van der Waals surface area contributed by atoms with Crippen LogP contribution in [0.4, 0.5) is 0 Å². The third-order valence-corrected chi connectivity index (χ3v) is 3.00. The molecule has 0 saturated carbocycles. The molecule has 1 heterocycles. The Hall–Kier alpha value is -1.10. The highest BCUT2D eigenvalue weighted by atomic mass is 16.5. The Balaban J connectivity index is 2.19. The second kappa shape index (κ2) is 8.08. The van der Waals surface area contributed by atoms with Crippen molar-refractivity contribution in [3.05, 3.63) is 0 Å². The van der Waals surface area contributed by atoms with Crippen molar-refractivity contribution in [3.8, 4) is 0 Å². The Bertz CT molecular complexity index is 274. The maximum absolute atomic E-state index is 11.8. The first-order chi connectivity index (χ1) is 8.61. The fraction of sp³-hybridized carbons (Fsp3) is 0.846. The van der Waals surface area contributed by atoms with Gasteiger partial charge in [-0.2, -0.15) is 0 Å².